The molecular formula is C23H18F4N6O2. The highest BCUT2D eigenvalue weighted by Gasteiger charge is 2.34. The number of nitrogens with one attached hydrogen (secondary N) is 1. The minimum Gasteiger partial charge on any atom is -0.462 e. The second kappa shape index (κ2) is 9.49. The summed E-state index contributed by atoms with van der Waals surface area (Å²) >= 11 is 0. The Morgan fingerprint density at radius 1 is 1.14 bits per heavy atom. The van der Waals surface area contributed by atoms with Gasteiger partial charge in [-0.25, -0.2) is 18.9 Å². The van der Waals surface area contributed by atoms with E-state index in [2.05, 4.69) is 25.4 Å². The molecule has 12 heteroatoms. The van der Waals surface area contributed by atoms with Gasteiger partial charge in [0.05, 0.1) is 12.2 Å². The first-order valence-electron chi connectivity index (χ1n) is 10.3. The molecule has 1 N–H and O–H groups in total. The van der Waals surface area contributed by atoms with Gasteiger partial charge in [0.1, 0.15) is 5.82 Å². The van der Waals surface area contributed by atoms with Crippen molar-refractivity contribution in [2.24, 2.45) is 0 Å². The Morgan fingerprint density at radius 3 is 2.63 bits per heavy atom. The number of pyridine rings is 1. The summed E-state index contributed by atoms with van der Waals surface area (Å²) in [7, 11) is 0. The van der Waals surface area contributed by atoms with Crippen molar-refractivity contribution in [2.75, 3.05) is 11.9 Å². The molecule has 4 aromatic rings. The zero-order chi connectivity index (χ0) is 25.2. The quantitative estimate of drug-likeness (QED) is 0.299. The number of esters is 1. The Labute approximate surface area is 196 Å². The van der Waals surface area contributed by atoms with E-state index in [1.807, 2.05) is 0 Å². The summed E-state index contributed by atoms with van der Waals surface area (Å²) < 4.78 is 59.3. The van der Waals surface area contributed by atoms with E-state index in [1.165, 1.54) is 36.8 Å². The summed E-state index contributed by atoms with van der Waals surface area (Å²) in [6, 6.07) is 6.49. The van der Waals surface area contributed by atoms with Crippen LogP contribution in [0.5, 0.6) is 0 Å². The number of carbonyl (C=O) groups excluding carboxylic acids is 1. The number of halogens is 4. The summed E-state index contributed by atoms with van der Waals surface area (Å²) in [4.78, 5) is 24.7. The average Bonchev–Trinajstić information content (AvgIpc) is 3.30. The largest absolute Gasteiger partial charge is 0.462 e. The number of carbonyl (C=O) groups is 1. The first kappa shape index (κ1) is 23.8. The Balaban J connectivity index is 1.81. The van der Waals surface area contributed by atoms with Gasteiger partial charge in [0.2, 0.25) is 5.95 Å². The maximum absolute atomic E-state index is 13.8. The zero-order valence-corrected chi connectivity index (χ0v) is 18.5. The monoisotopic (exact) mass is 486 g/mol. The van der Waals surface area contributed by atoms with E-state index in [9.17, 15) is 22.4 Å². The van der Waals surface area contributed by atoms with Crippen molar-refractivity contribution >= 4 is 17.6 Å². The maximum Gasteiger partial charge on any atom is 0.435 e. The smallest absolute Gasteiger partial charge is 0.435 e. The number of anilines is 2. The molecule has 0 aliphatic carbocycles. The van der Waals surface area contributed by atoms with Crippen LogP contribution in [0.4, 0.5) is 29.2 Å². The first-order chi connectivity index (χ1) is 16.6. The summed E-state index contributed by atoms with van der Waals surface area (Å²) in [5, 5.41) is 6.45. The van der Waals surface area contributed by atoms with Gasteiger partial charge in [0.25, 0.3) is 0 Å². The van der Waals surface area contributed by atoms with Crippen molar-refractivity contribution in [2.45, 2.75) is 20.0 Å². The molecule has 0 bridgehead atoms. The van der Waals surface area contributed by atoms with Crippen molar-refractivity contribution in [1.82, 2.24) is 24.7 Å². The number of alkyl halides is 3. The van der Waals surface area contributed by atoms with Gasteiger partial charge in [-0.3, -0.25) is 4.98 Å². The molecule has 4 rings (SSSR count). The summed E-state index contributed by atoms with van der Waals surface area (Å²) in [5.41, 5.74) is 0.626. The lowest BCUT2D eigenvalue weighted by molar-refractivity contribution is -0.141. The molecule has 3 aromatic heterocycles. The van der Waals surface area contributed by atoms with Crippen LogP contribution in [0.3, 0.4) is 0 Å². The fourth-order valence-electron chi connectivity index (χ4n) is 3.26. The van der Waals surface area contributed by atoms with Gasteiger partial charge >= 0.3 is 12.1 Å². The topological polar surface area (TPSA) is 94.8 Å². The molecule has 0 saturated heterocycles. The maximum atomic E-state index is 13.8. The van der Waals surface area contributed by atoms with Crippen molar-refractivity contribution in [3.63, 3.8) is 0 Å². The van der Waals surface area contributed by atoms with Crippen LogP contribution in [0, 0.1) is 12.7 Å². The lowest BCUT2D eigenvalue weighted by Gasteiger charge is -2.13. The fourth-order valence-corrected chi connectivity index (χ4v) is 3.26. The summed E-state index contributed by atoms with van der Waals surface area (Å²) in [6.45, 7) is 3.52. The molecule has 0 radical (unpaired) electrons. The number of hydrogen-bond donors (Lipinski definition) is 1. The third-order valence-corrected chi connectivity index (χ3v) is 4.72. The predicted molar refractivity (Wildman–Crippen MR) is 118 cm³/mol. The van der Waals surface area contributed by atoms with Gasteiger partial charge in [-0.1, -0.05) is 0 Å². The van der Waals surface area contributed by atoms with Crippen molar-refractivity contribution in [3.05, 3.63) is 77.8 Å². The number of rotatable bonds is 6. The van der Waals surface area contributed by atoms with Crippen LogP contribution in [0.1, 0.15) is 28.5 Å². The lowest BCUT2D eigenvalue weighted by Crippen LogP contribution is -2.10. The molecule has 0 atom stereocenters. The minimum absolute atomic E-state index is 0.00712. The highest BCUT2D eigenvalue weighted by atomic mass is 19.4. The SMILES string of the molecule is CCOC(=O)c1cncc(-c2cnc(Nc3cc(C)cc(F)c3)nc2-n2ccc(C(F)(F)F)n2)c1. The summed E-state index contributed by atoms with van der Waals surface area (Å²) in [5.74, 6) is -1.11. The Bertz CT molecular complexity index is 1370. The number of hydrogen-bond acceptors (Lipinski definition) is 7. The minimum atomic E-state index is -4.66. The van der Waals surface area contributed by atoms with Gasteiger partial charge in [0, 0.05) is 41.6 Å². The molecule has 3 heterocycles. The molecule has 8 nitrogen and oxygen atoms in total. The number of aromatic nitrogens is 5. The van der Waals surface area contributed by atoms with Crippen molar-refractivity contribution in [1.29, 1.82) is 0 Å². The Hall–Kier alpha value is -4.35. The number of benzene rings is 1. The predicted octanol–water partition coefficient (Wildman–Crippen LogP) is 5.11. The molecule has 35 heavy (non-hydrogen) atoms. The highest BCUT2D eigenvalue weighted by molar-refractivity contribution is 5.90. The van der Waals surface area contributed by atoms with E-state index >= 15 is 0 Å². The molecule has 0 aliphatic heterocycles. The summed E-state index contributed by atoms with van der Waals surface area (Å²) in [6.07, 6.45) is 0.497. The molecule has 0 aliphatic rings. The third-order valence-electron chi connectivity index (χ3n) is 4.72. The molecule has 1 aromatic carbocycles. The second-order valence-corrected chi connectivity index (χ2v) is 7.40. The average molecular weight is 486 g/mol. The van der Waals surface area contributed by atoms with Crippen LogP contribution in [0.25, 0.3) is 16.9 Å². The van der Waals surface area contributed by atoms with Crippen molar-refractivity contribution in [3.8, 4) is 16.9 Å². The second-order valence-electron chi connectivity index (χ2n) is 7.40. The third kappa shape index (κ3) is 5.42. The zero-order valence-electron chi connectivity index (χ0n) is 18.5. The van der Waals surface area contributed by atoms with Gasteiger partial charge in [-0.15, -0.1) is 0 Å². The van der Waals surface area contributed by atoms with E-state index in [-0.39, 0.29) is 29.5 Å². The Morgan fingerprint density at radius 2 is 1.94 bits per heavy atom. The van der Waals surface area contributed by atoms with Crippen LogP contribution in [-0.2, 0) is 10.9 Å². The van der Waals surface area contributed by atoms with Crippen LogP contribution < -0.4 is 5.32 Å². The van der Waals surface area contributed by atoms with Crippen LogP contribution in [-0.4, -0.2) is 37.3 Å². The highest BCUT2D eigenvalue weighted by Crippen LogP contribution is 2.31. The standard InChI is InChI=1S/C23H18F4N6O2/c1-3-35-21(34)15-8-14(10-28-11-15)18-12-29-22(30-17-7-13(2)6-16(24)9-17)31-20(18)33-5-4-19(32-33)23(25,26)27/h4-12H,3H2,1-2H3,(H,29,30,31). The first-order valence-corrected chi connectivity index (χ1v) is 10.3. The van der Waals surface area contributed by atoms with Crippen LogP contribution >= 0.6 is 0 Å². The van der Waals surface area contributed by atoms with E-state index in [0.717, 1.165) is 16.9 Å². The van der Waals surface area contributed by atoms with E-state index in [1.54, 1.807) is 19.9 Å². The lowest BCUT2D eigenvalue weighted by atomic mass is 10.1. The fraction of sp³-hybridized carbons (Fsp3) is 0.174. The molecule has 0 unspecified atom stereocenters. The van der Waals surface area contributed by atoms with Crippen molar-refractivity contribution < 1.29 is 27.1 Å². The van der Waals surface area contributed by atoms with Gasteiger partial charge in [0.15, 0.2) is 11.5 Å². The van der Waals surface area contributed by atoms with Gasteiger partial charge in [-0.2, -0.15) is 23.3 Å². The Kier molecular flexibility index (Phi) is 6.45. The number of ether oxygens (including phenoxy) is 1. The molecule has 0 saturated carbocycles. The molecule has 0 amide bonds. The van der Waals surface area contributed by atoms with Crippen LogP contribution in [0.2, 0.25) is 0 Å². The van der Waals surface area contributed by atoms with Gasteiger partial charge in [-0.05, 0) is 49.7 Å². The normalized spacial score (nSPS) is 11.4. The van der Waals surface area contributed by atoms with Gasteiger partial charge < -0.3 is 10.1 Å². The van der Waals surface area contributed by atoms with E-state index in [0.29, 0.717) is 16.8 Å². The molecular weight excluding hydrogens is 468 g/mol. The molecule has 0 spiro atoms. The van der Waals surface area contributed by atoms with E-state index in [4.69, 9.17) is 4.74 Å². The van der Waals surface area contributed by atoms with E-state index < -0.39 is 23.7 Å². The molecule has 0 fully saturated rings. The molecule has 180 valence electrons. The van der Waals surface area contributed by atoms with Crippen LogP contribution in [0.15, 0.2) is 55.1 Å². The number of aryl methyl sites for hydroxylation is 1. The number of nitrogens with zero attached hydrogens (tertiary/aromatic N) is 5.